The predicted molar refractivity (Wildman–Crippen MR) is 113 cm³/mol. The molecule has 0 saturated heterocycles. The topological polar surface area (TPSA) is 42.5 Å². The number of thiocarbonyl (C=S) groups is 1. The first-order valence-electron chi connectivity index (χ1n) is 9.11. The van der Waals surface area contributed by atoms with E-state index in [1.54, 1.807) is 0 Å². The molecule has 2 aromatic carbocycles. The van der Waals surface area contributed by atoms with Gasteiger partial charge in [-0.1, -0.05) is 13.8 Å². The number of ether oxygens (including phenoxy) is 2. The molecular weight excluding hydrogens is 344 g/mol. The minimum Gasteiger partial charge on any atom is -0.491 e. The lowest BCUT2D eigenvalue weighted by atomic mass is 10.2. The van der Waals surface area contributed by atoms with Crippen LogP contribution < -0.4 is 20.1 Å². The molecule has 140 valence electrons. The molecule has 0 bridgehead atoms. The molecule has 0 saturated carbocycles. The van der Waals surface area contributed by atoms with Crippen LogP contribution in [0, 0.1) is 0 Å². The molecule has 2 atom stereocenters. The van der Waals surface area contributed by atoms with Crippen molar-refractivity contribution in [2.75, 3.05) is 10.6 Å². The van der Waals surface area contributed by atoms with Crippen LogP contribution in [0.3, 0.4) is 0 Å². The van der Waals surface area contributed by atoms with Crippen LogP contribution in [-0.2, 0) is 0 Å². The summed E-state index contributed by atoms with van der Waals surface area (Å²) < 4.78 is 11.6. The van der Waals surface area contributed by atoms with E-state index in [0.29, 0.717) is 5.11 Å². The van der Waals surface area contributed by atoms with Gasteiger partial charge in [0.05, 0.1) is 12.2 Å². The largest absolute Gasteiger partial charge is 0.491 e. The zero-order valence-corrected chi connectivity index (χ0v) is 16.7. The van der Waals surface area contributed by atoms with E-state index in [2.05, 4.69) is 38.3 Å². The van der Waals surface area contributed by atoms with Crippen LogP contribution in [0.1, 0.15) is 40.5 Å². The second kappa shape index (κ2) is 10.0. The summed E-state index contributed by atoms with van der Waals surface area (Å²) in [6.45, 7) is 8.33. The molecule has 0 amide bonds. The van der Waals surface area contributed by atoms with Crippen molar-refractivity contribution in [3.05, 3.63) is 48.5 Å². The van der Waals surface area contributed by atoms with Crippen LogP contribution in [0.2, 0.25) is 0 Å². The van der Waals surface area contributed by atoms with Crippen LogP contribution in [0.15, 0.2) is 48.5 Å². The molecule has 0 fully saturated rings. The van der Waals surface area contributed by atoms with Crippen LogP contribution >= 0.6 is 12.2 Å². The number of nitrogens with one attached hydrogen (secondary N) is 2. The standard InChI is InChI=1S/C21H28N2O2S/c1-5-15(3)24-19-11-7-17(8-12-19)22-21(26)23-18-9-13-20(14-10-18)25-16(4)6-2/h7-16H,5-6H2,1-4H3,(H2,22,23,26). The number of benzene rings is 2. The van der Waals surface area contributed by atoms with E-state index in [-0.39, 0.29) is 12.2 Å². The Balaban J connectivity index is 1.86. The molecule has 2 N–H and O–H groups in total. The molecule has 0 aliphatic rings. The second-order valence-electron chi connectivity index (χ2n) is 6.30. The minimum absolute atomic E-state index is 0.212. The second-order valence-corrected chi connectivity index (χ2v) is 6.71. The summed E-state index contributed by atoms with van der Waals surface area (Å²) >= 11 is 5.38. The molecule has 0 radical (unpaired) electrons. The van der Waals surface area contributed by atoms with Gasteiger partial charge in [-0.25, -0.2) is 0 Å². The zero-order valence-electron chi connectivity index (χ0n) is 15.9. The fourth-order valence-electron chi connectivity index (χ4n) is 2.16. The monoisotopic (exact) mass is 372 g/mol. The lowest BCUT2D eigenvalue weighted by Gasteiger charge is -2.15. The highest BCUT2D eigenvalue weighted by atomic mass is 32.1. The SMILES string of the molecule is CCC(C)Oc1ccc(NC(=S)Nc2ccc(OC(C)CC)cc2)cc1. The summed E-state index contributed by atoms with van der Waals surface area (Å²) in [6.07, 6.45) is 2.39. The predicted octanol–water partition coefficient (Wildman–Crippen LogP) is 5.85. The van der Waals surface area contributed by atoms with Gasteiger partial charge in [0.1, 0.15) is 11.5 Å². The Labute approximate surface area is 161 Å². The maximum Gasteiger partial charge on any atom is 0.175 e. The van der Waals surface area contributed by atoms with E-state index in [4.69, 9.17) is 21.7 Å². The van der Waals surface area contributed by atoms with E-state index in [0.717, 1.165) is 35.7 Å². The van der Waals surface area contributed by atoms with E-state index in [1.807, 2.05) is 48.5 Å². The molecule has 2 aromatic rings. The molecule has 0 aromatic heterocycles. The summed E-state index contributed by atoms with van der Waals surface area (Å²) in [5.41, 5.74) is 1.83. The highest BCUT2D eigenvalue weighted by molar-refractivity contribution is 7.80. The Morgan fingerprint density at radius 1 is 0.769 bits per heavy atom. The fraction of sp³-hybridized carbons (Fsp3) is 0.381. The molecule has 26 heavy (non-hydrogen) atoms. The summed E-state index contributed by atoms with van der Waals surface area (Å²) in [5.74, 6) is 1.72. The van der Waals surface area contributed by atoms with Gasteiger partial charge in [0.15, 0.2) is 5.11 Å². The third kappa shape index (κ3) is 6.56. The number of hydrogen-bond donors (Lipinski definition) is 2. The van der Waals surface area contributed by atoms with Crippen molar-refractivity contribution in [3.8, 4) is 11.5 Å². The third-order valence-corrected chi connectivity index (χ3v) is 4.25. The lowest BCUT2D eigenvalue weighted by Crippen LogP contribution is -2.19. The summed E-state index contributed by atoms with van der Waals surface area (Å²) in [4.78, 5) is 0. The third-order valence-electron chi connectivity index (χ3n) is 4.05. The molecule has 5 heteroatoms. The molecule has 2 rings (SSSR count). The number of rotatable bonds is 8. The van der Waals surface area contributed by atoms with Crippen molar-refractivity contribution in [2.24, 2.45) is 0 Å². The van der Waals surface area contributed by atoms with Gasteiger partial charge in [-0.3, -0.25) is 0 Å². The Hall–Kier alpha value is -2.27. The Bertz CT molecular complexity index is 627. The van der Waals surface area contributed by atoms with Gasteiger partial charge in [0.2, 0.25) is 0 Å². The minimum atomic E-state index is 0.212. The highest BCUT2D eigenvalue weighted by Crippen LogP contribution is 2.20. The van der Waals surface area contributed by atoms with Gasteiger partial charge < -0.3 is 20.1 Å². The maximum absolute atomic E-state index is 5.78. The quantitative estimate of drug-likeness (QED) is 0.569. The van der Waals surface area contributed by atoms with Crippen molar-refractivity contribution >= 4 is 28.7 Å². The van der Waals surface area contributed by atoms with Crippen molar-refractivity contribution < 1.29 is 9.47 Å². The van der Waals surface area contributed by atoms with Crippen molar-refractivity contribution in [1.29, 1.82) is 0 Å². The lowest BCUT2D eigenvalue weighted by molar-refractivity contribution is 0.217. The molecule has 4 nitrogen and oxygen atoms in total. The Morgan fingerprint density at radius 2 is 1.12 bits per heavy atom. The van der Waals surface area contributed by atoms with Gasteiger partial charge in [0, 0.05) is 11.4 Å². The smallest absolute Gasteiger partial charge is 0.175 e. The molecule has 0 aliphatic heterocycles. The summed E-state index contributed by atoms with van der Waals surface area (Å²) in [5, 5.41) is 6.89. The fourth-order valence-corrected chi connectivity index (χ4v) is 2.39. The first-order chi connectivity index (χ1) is 12.5. The van der Waals surface area contributed by atoms with Crippen LogP contribution in [-0.4, -0.2) is 17.3 Å². The Morgan fingerprint density at radius 3 is 1.42 bits per heavy atom. The number of hydrogen-bond acceptors (Lipinski definition) is 3. The van der Waals surface area contributed by atoms with Gasteiger partial charge in [-0.15, -0.1) is 0 Å². The molecule has 2 unspecified atom stereocenters. The molecule has 0 heterocycles. The first-order valence-corrected chi connectivity index (χ1v) is 9.52. The average Bonchev–Trinajstić information content (AvgIpc) is 2.64. The van der Waals surface area contributed by atoms with Crippen LogP contribution in [0.5, 0.6) is 11.5 Å². The summed E-state index contributed by atoms with van der Waals surface area (Å²) in [6, 6.07) is 15.6. The van der Waals surface area contributed by atoms with Crippen molar-refractivity contribution in [1.82, 2.24) is 0 Å². The van der Waals surface area contributed by atoms with E-state index < -0.39 is 0 Å². The number of anilines is 2. The van der Waals surface area contributed by atoms with Gasteiger partial charge >= 0.3 is 0 Å². The Kier molecular flexibility index (Phi) is 7.73. The van der Waals surface area contributed by atoms with Gasteiger partial charge in [0.25, 0.3) is 0 Å². The molecule has 0 aliphatic carbocycles. The van der Waals surface area contributed by atoms with Crippen molar-refractivity contribution in [2.45, 2.75) is 52.7 Å². The van der Waals surface area contributed by atoms with E-state index in [1.165, 1.54) is 0 Å². The summed E-state index contributed by atoms with van der Waals surface area (Å²) in [7, 11) is 0. The van der Waals surface area contributed by atoms with Crippen molar-refractivity contribution in [3.63, 3.8) is 0 Å². The zero-order chi connectivity index (χ0) is 18.9. The first kappa shape index (κ1) is 20.0. The molecule has 0 spiro atoms. The highest BCUT2D eigenvalue weighted by Gasteiger charge is 2.04. The van der Waals surface area contributed by atoms with Crippen LogP contribution in [0.25, 0.3) is 0 Å². The maximum atomic E-state index is 5.78. The van der Waals surface area contributed by atoms with Gasteiger partial charge in [-0.05, 0) is 87.4 Å². The molecular formula is C21H28N2O2S. The normalized spacial score (nSPS) is 12.8. The van der Waals surface area contributed by atoms with E-state index in [9.17, 15) is 0 Å². The van der Waals surface area contributed by atoms with Crippen LogP contribution in [0.4, 0.5) is 11.4 Å². The van der Waals surface area contributed by atoms with E-state index >= 15 is 0 Å². The van der Waals surface area contributed by atoms with Gasteiger partial charge in [-0.2, -0.15) is 0 Å². The average molecular weight is 373 g/mol.